The number of hydrogen-bond donors (Lipinski definition) is 2. The fourth-order valence-corrected chi connectivity index (χ4v) is 1.42. The SMILES string of the molecule is C[C@H](CCO)CNc1cc(F)ccc1[N+](=O)[O-]. The summed E-state index contributed by atoms with van der Waals surface area (Å²) in [6.07, 6.45) is 0.593. The maximum Gasteiger partial charge on any atom is 0.292 e. The highest BCUT2D eigenvalue weighted by Crippen LogP contribution is 2.25. The Morgan fingerprint density at radius 1 is 1.59 bits per heavy atom. The van der Waals surface area contributed by atoms with Crippen molar-refractivity contribution >= 4 is 11.4 Å². The number of anilines is 1. The molecule has 1 rings (SSSR count). The van der Waals surface area contributed by atoms with Crippen LogP contribution in [0.1, 0.15) is 13.3 Å². The molecule has 0 amide bonds. The minimum atomic E-state index is -0.557. The van der Waals surface area contributed by atoms with Crippen molar-refractivity contribution in [1.82, 2.24) is 0 Å². The van der Waals surface area contributed by atoms with E-state index in [2.05, 4.69) is 5.32 Å². The smallest absolute Gasteiger partial charge is 0.292 e. The highest BCUT2D eigenvalue weighted by atomic mass is 19.1. The fraction of sp³-hybridized carbons (Fsp3) is 0.455. The topological polar surface area (TPSA) is 75.4 Å². The van der Waals surface area contributed by atoms with Gasteiger partial charge in [-0.2, -0.15) is 0 Å². The van der Waals surface area contributed by atoms with E-state index in [0.29, 0.717) is 13.0 Å². The summed E-state index contributed by atoms with van der Waals surface area (Å²) >= 11 is 0. The van der Waals surface area contributed by atoms with Crippen molar-refractivity contribution < 1.29 is 14.4 Å². The Morgan fingerprint density at radius 2 is 2.29 bits per heavy atom. The van der Waals surface area contributed by atoms with Crippen LogP contribution in [-0.2, 0) is 0 Å². The normalized spacial score (nSPS) is 12.2. The molecule has 17 heavy (non-hydrogen) atoms. The molecule has 0 saturated carbocycles. The van der Waals surface area contributed by atoms with Crippen molar-refractivity contribution in [1.29, 1.82) is 0 Å². The summed E-state index contributed by atoms with van der Waals surface area (Å²) in [6, 6.07) is 3.29. The third-order valence-corrected chi connectivity index (χ3v) is 2.42. The van der Waals surface area contributed by atoms with Crippen molar-refractivity contribution in [3.8, 4) is 0 Å². The van der Waals surface area contributed by atoms with Crippen molar-refractivity contribution in [3.05, 3.63) is 34.1 Å². The number of aliphatic hydroxyl groups is 1. The van der Waals surface area contributed by atoms with Crippen LogP contribution in [0.25, 0.3) is 0 Å². The third-order valence-electron chi connectivity index (χ3n) is 2.42. The van der Waals surface area contributed by atoms with Crippen LogP contribution in [0.3, 0.4) is 0 Å². The van der Waals surface area contributed by atoms with Gasteiger partial charge in [-0.05, 0) is 18.4 Å². The molecular formula is C11H15FN2O3. The molecule has 0 radical (unpaired) electrons. The Morgan fingerprint density at radius 3 is 2.88 bits per heavy atom. The number of nitro groups is 1. The zero-order chi connectivity index (χ0) is 12.8. The third kappa shape index (κ3) is 3.99. The maximum atomic E-state index is 13.0. The zero-order valence-electron chi connectivity index (χ0n) is 9.52. The number of hydrogen-bond acceptors (Lipinski definition) is 4. The standard InChI is InChI=1S/C11H15FN2O3/c1-8(4-5-15)7-13-10-6-9(12)2-3-11(10)14(16)17/h2-3,6,8,13,15H,4-5,7H2,1H3/t8-/m1/s1. The largest absolute Gasteiger partial charge is 0.396 e. The van der Waals surface area contributed by atoms with Gasteiger partial charge in [-0.3, -0.25) is 10.1 Å². The number of rotatable bonds is 6. The highest BCUT2D eigenvalue weighted by molar-refractivity contribution is 5.61. The molecule has 1 aromatic rings. The number of nitrogens with one attached hydrogen (secondary N) is 1. The lowest BCUT2D eigenvalue weighted by Crippen LogP contribution is -2.13. The van der Waals surface area contributed by atoms with Crippen molar-refractivity contribution in [2.24, 2.45) is 5.92 Å². The molecule has 0 aliphatic heterocycles. The van der Waals surface area contributed by atoms with E-state index in [9.17, 15) is 14.5 Å². The van der Waals surface area contributed by atoms with Gasteiger partial charge in [-0.1, -0.05) is 6.92 Å². The average Bonchev–Trinajstić information content (AvgIpc) is 2.26. The van der Waals surface area contributed by atoms with Gasteiger partial charge >= 0.3 is 0 Å². The van der Waals surface area contributed by atoms with Gasteiger partial charge in [0.1, 0.15) is 11.5 Å². The Balaban J connectivity index is 2.75. The lowest BCUT2D eigenvalue weighted by atomic mass is 10.1. The second-order valence-corrected chi connectivity index (χ2v) is 3.92. The van der Waals surface area contributed by atoms with Crippen LogP contribution in [0.2, 0.25) is 0 Å². The van der Waals surface area contributed by atoms with Crippen LogP contribution in [-0.4, -0.2) is 23.2 Å². The quantitative estimate of drug-likeness (QED) is 0.592. The van der Waals surface area contributed by atoms with Crippen molar-refractivity contribution in [2.75, 3.05) is 18.5 Å². The first-order valence-corrected chi connectivity index (χ1v) is 5.33. The molecule has 1 atom stereocenters. The van der Waals surface area contributed by atoms with Crippen LogP contribution in [0.4, 0.5) is 15.8 Å². The van der Waals surface area contributed by atoms with Crippen molar-refractivity contribution in [3.63, 3.8) is 0 Å². The number of benzene rings is 1. The molecule has 0 aromatic heterocycles. The molecule has 94 valence electrons. The van der Waals surface area contributed by atoms with E-state index in [-0.39, 0.29) is 23.9 Å². The summed E-state index contributed by atoms with van der Waals surface area (Å²) in [5.74, 6) is -0.365. The molecule has 0 bridgehead atoms. The highest BCUT2D eigenvalue weighted by Gasteiger charge is 2.14. The predicted molar refractivity (Wildman–Crippen MR) is 62.4 cm³/mol. The molecule has 0 aliphatic rings. The van der Waals surface area contributed by atoms with E-state index >= 15 is 0 Å². The van der Waals surface area contributed by atoms with Crippen molar-refractivity contribution in [2.45, 2.75) is 13.3 Å². The minimum Gasteiger partial charge on any atom is -0.396 e. The van der Waals surface area contributed by atoms with E-state index in [1.165, 1.54) is 0 Å². The molecule has 0 spiro atoms. The Hall–Kier alpha value is -1.69. The van der Waals surface area contributed by atoms with Gasteiger partial charge in [0.2, 0.25) is 0 Å². The van der Waals surface area contributed by atoms with E-state index in [0.717, 1.165) is 18.2 Å². The Kier molecular flexibility index (Phi) is 4.84. The Labute approximate surface area is 98.4 Å². The van der Waals surface area contributed by atoms with Gasteiger partial charge in [0.05, 0.1) is 4.92 Å². The second kappa shape index (κ2) is 6.15. The monoisotopic (exact) mass is 242 g/mol. The molecule has 0 aliphatic carbocycles. The molecule has 2 N–H and O–H groups in total. The predicted octanol–water partition coefficient (Wildman–Crippen LogP) is 2.16. The average molecular weight is 242 g/mol. The minimum absolute atomic E-state index is 0.0636. The lowest BCUT2D eigenvalue weighted by Gasteiger charge is -2.12. The summed E-state index contributed by atoms with van der Waals surface area (Å²) in [5, 5.41) is 22.3. The molecule has 5 nitrogen and oxygen atoms in total. The summed E-state index contributed by atoms with van der Waals surface area (Å²) in [4.78, 5) is 10.1. The summed E-state index contributed by atoms with van der Waals surface area (Å²) < 4.78 is 13.0. The van der Waals surface area contributed by atoms with Gasteiger partial charge < -0.3 is 10.4 Å². The number of nitrogens with zero attached hydrogens (tertiary/aromatic N) is 1. The summed E-state index contributed by atoms with van der Waals surface area (Å²) in [7, 11) is 0. The zero-order valence-corrected chi connectivity index (χ0v) is 9.52. The lowest BCUT2D eigenvalue weighted by molar-refractivity contribution is -0.384. The van der Waals surface area contributed by atoms with Gasteiger partial charge in [0, 0.05) is 25.3 Å². The Bertz CT molecular complexity index is 398. The van der Waals surface area contributed by atoms with Gasteiger partial charge in [0.15, 0.2) is 0 Å². The molecular weight excluding hydrogens is 227 g/mol. The first-order chi connectivity index (χ1) is 8.04. The molecule has 0 heterocycles. The number of nitro benzene ring substituents is 1. The second-order valence-electron chi connectivity index (χ2n) is 3.92. The van der Waals surface area contributed by atoms with Crippen LogP contribution >= 0.6 is 0 Å². The van der Waals surface area contributed by atoms with E-state index < -0.39 is 10.7 Å². The molecule has 6 heteroatoms. The fourth-order valence-electron chi connectivity index (χ4n) is 1.42. The van der Waals surface area contributed by atoms with Gasteiger partial charge in [-0.15, -0.1) is 0 Å². The summed E-state index contributed by atoms with van der Waals surface area (Å²) in [5.41, 5.74) is 0.0161. The van der Waals surface area contributed by atoms with E-state index in [1.807, 2.05) is 6.92 Å². The number of halogens is 1. The molecule has 0 fully saturated rings. The van der Waals surface area contributed by atoms with Crippen LogP contribution in [0.5, 0.6) is 0 Å². The van der Waals surface area contributed by atoms with Gasteiger partial charge in [-0.25, -0.2) is 4.39 Å². The van der Waals surface area contributed by atoms with Crippen LogP contribution < -0.4 is 5.32 Å². The van der Waals surface area contributed by atoms with Crippen LogP contribution in [0, 0.1) is 21.8 Å². The molecule has 1 aromatic carbocycles. The van der Waals surface area contributed by atoms with Crippen LogP contribution in [0.15, 0.2) is 18.2 Å². The first kappa shape index (κ1) is 13.4. The number of aliphatic hydroxyl groups excluding tert-OH is 1. The molecule has 0 saturated heterocycles. The van der Waals surface area contributed by atoms with Gasteiger partial charge in [0.25, 0.3) is 5.69 Å². The maximum absolute atomic E-state index is 13.0. The molecule has 0 unspecified atom stereocenters. The van der Waals surface area contributed by atoms with E-state index in [4.69, 9.17) is 5.11 Å². The van der Waals surface area contributed by atoms with E-state index in [1.54, 1.807) is 0 Å². The first-order valence-electron chi connectivity index (χ1n) is 5.33. The summed E-state index contributed by atoms with van der Waals surface area (Å²) in [6.45, 7) is 2.41.